The Morgan fingerprint density at radius 3 is 2.64 bits per heavy atom. The first kappa shape index (κ1) is 15.6. The van der Waals surface area contributed by atoms with Crippen LogP contribution in [-0.4, -0.2) is 23.8 Å². The molecule has 2 rings (SSSR count). The van der Waals surface area contributed by atoms with Crippen LogP contribution in [0.5, 0.6) is 11.5 Å². The molecule has 0 spiro atoms. The third kappa shape index (κ3) is 3.63. The molecule has 0 atom stereocenters. The van der Waals surface area contributed by atoms with Crippen LogP contribution < -0.4 is 10.2 Å². The van der Waals surface area contributed by atoms with Crippen molar-refractivity contribution in [3.8, 4) is 11.5 Å². The molecule has 22 heavy (non-hydrogen) atoms. The monoisotopic (exact) mass is 298 g/mol. The third-order valence-electron chi connectivity index (χ3n) is 3.20. The predicted molar refractivity (Wildman–Crippen MR) is 85.5 cm³/mol. The first-order valence-electron chi connectivity index (χ1n) is 6.80. The van der Waals surface area contributed by atoms with Crippen LogP contribution in [0.25, 0.3) is 0 Å². The molecular formula is C17H18N2O3. The Morgan fingerprint density at radius 1 is 1.18 bits per heavy atom. The number of methoxy groups -OCH3 is 1. The second-order valence-corrected chi connectivity index (χ2v) is 4.89. The van der Waals surface area contributed by atoms with Gasteiger partial charge in [0.05, 0.1) is 12.8 Å². The molecule has 0 heterocycles. The number of amides is 1. The van der Waals surface area contributed by atoms with Gasteiger partial charge in [-0.2, -0.15) is 5.10 Å². The summed E-state index contributed by atoms with van der Waals surface area (Å²) in [7, 11) is 1.48. The van der Waals surface area contributed by atoms with E-state index in [1.807, 2.05) is 19.1 Å². The standard InChI is InChI=1S/C17H18N2O3/c1-11-5-4-6-14(9-11)17(21)19-18-12(2)13-7-8-15(20)16(10-13)22-3/h4-10,20H,1-3H3,(H,19,21)/b18-12+. The fraction of sp³-hybridized carbons (Fsp3) is 0.176. The highest BCUT2D eigenvalue weighted by Crippen LogP contribution is 2.26. The van der Waals surface area contributed by atoms with Crippen molar-refractivity contribution in [1.82, 2.24) is 5.43 Å². The molecule has 0 fully saturated rings. The molecule has 2 aromatic carbocycles. The maximum absolute atomic E-state index is 12.0. The predicted octanol–water partition coefficient (Wildman–Crippen LogP) is 2.86. The summed E-state index contributed by atoms with van der Waals surface area (Å²) in [5.74, 6) is 0.147. The lowest BCUT2D eigenvalue weighted by atomic mass is 10.1. The molecule has 0 aliphatic heterocycles. The molecule has 5 heteroatoms. The summed E-state index contributed by atoms with van der Waals surface area (Å²) >= 11 is 0. The van der Waals surface area contributed by atoms with E-state index in [1.165, 1.54) is 13.2 Å². The lowest BCUT2D eigenvalue weighted by Crippen LogP contribution is -2.19. The minimum absolute atomic E-state index is 0.0582. The van der Waals surface area contributed by atoms with Crippen LogP contribution in [0.3, 0.4) is 0 Å². The van der Waals surface area contributed by atoms with Crippen molar-refractivity contribution in [3.05, 3.63) is 59.2 Å². The summed E-state index contributed by atoms with van der Waals surface area (Å²) in [5.41, 5.74) is 5.45. The molecule has 2 aromatic rings. The molecule has 0 aromatic heterocycles. The van der Waals surface area contributed by atoms with Gasteiger partial charge in [-0.1, -0.05) is 17.7 Å². The minimum Gasteiger partial charge on any atom is -0.504 e. The quantitative estimate of drug-likeness (QED) is 0.673. The topological polar surface area (TPSA) is 70.9 Å². The summed E-state index contributed by atoms with van der Waals surface area (Å²) in [6.45, 7) is 3.69. The maximum atomic E-state index is 12.0. The van der Waals surface area contributed by atoms with Gasteiger partial charge in [-0.05, 0) is 44.2 Å². The fourth-order valence-corrected chi connectivity index (χ4v) is 1.95. The van der Waals surface area contributed by atoms with Gasteiger partial charge in [-0.3, -0.25) is 4.79 Å². The van der Waals surface area contributed by atoms with E-state index in [4.69, 9.17) is 4.74 Å². The molecule has 0 radical (unpaired) electrons. The summed E-state index contributed by atoms with van der Waals surface area (Å²) < 4.78 is 5.05. The average molecular weight is 298 g/mol. The van der Waals surface area contributed by atoms with Crippen LogP contribution in [0.15, 0.2) is 47.6 Å². The van der Waals surface area contributed by atoms with Gasteiger partial charge in [-0.15, -0.1) is 0 Å². The van der Waals surface area contributed by atoms with Gasteiger partial charge < -0.3 is 9.84 Å². The van der Waals surface area contributed by atoms with E-state index in [0.717, 1.165) is 11.1 Å². The van der Waals surface area contributed by atoms with Crippen molar-refractivity contribution in [1.29, 1.82) is 0 Å². The van der Waals surface area contributed by atoms with E-state index in [0.29, 0.717) is 17.0 Å². The van der Waals surface area contributed by atoms with Crippen LogP contribution >= 0.6 is 0 Å². The van der Waals surface area contributed by atoms with Gasteiger partial charge in [0.2, 0.25) is 0 Å². The molecule has 0 aliphatic rings. The minimum atomic E-state index is -0.270. The summed E-state index contributed by atoms with van der Waals surface area (Å²) in [6, 6.07) is 12.2. The van der Waals surface area contributed by atoms with Crippen LogP contribution in [0, 0.1) is 6.92 Å². The number of hydrazone groups is 1. The first-order valence-corrected chi connectivity index (χ1v) is 6.80. The lowest BCUT2D eigenvalue weighted by molar-refractivity contribution is 0.0954. The van der Waals surface area contributed by atoms with Crippen LogP contribution in [-0.2, 0) is 0 Å². The molecule has 0 aliphatic carbocycles. The summed E-state index contributed by atoms with van der Waals surface area (Å²) in [4.78, 5) is 12.0. The number of carbonyl (C=O) groups is 1. The molecular weight excluding hydrogens is 280 g/mol. The number of aryl methyl sites for hydroxylation is 1. The van der Waals surface area contributed by atoms with E-state index in [9.17, 15) is 9.90 Å². The smallest absolute Gasteiger partial charge is 0.271 e. The highest BCUT2D eigenvalue weighted by molar-refractivity contribution is 6.01. The molecule has 0 saturated carbocycles. The van der Waals surface area contributed by atoms with Gasteiger partial charge in [0, 0.05) is 11.1 Å². The number of ether oxygens (including phenoxy) is 1. The number of rotatable bonds is 4. The van der Waals surface area contributed by atoms with Crippen molar-refractivity contribution in [2.24, 2.45) is 5.10 Å². The van der Waals surface area contributed by atoms with Crippen molar-refractivity contribution < 1.29 is 14.6 Å². The maximum Gasteiger partial charge on any atom is 0.271 e. The molecule has 1 amide bonds. The van der Waals surface area contributed by atoms with Gasteiger partial charge in [0.15, 0.2) is 11.5 Å². The third-order valence-corrected chi connectivity index (χ3v) is 3.20. The Bertz CT molecular complexity index is 724. The molecule has 5 nitrogen and oxygen atoms in total. The second kappa shape index (κ2) is 6.76. The molecule has 0 saturated heterocycles. The van der Waals surface area contributed by atoms with E-state index in [2.05, 4.69) is 10.5 Å². The van der Waals surface area contributed by atoms with E-state index >= 15 is 0 Å². The van der Waals surface area contributed by atoms with Gasteiger partial charge in [0.1, 0.15) is 0 Å². The average Bonchev–Trinajstić information content (AvgIpc) is 2.52. The second-order valence-electron chi connectivity index (χ2n) is 4.89. The SMILES string of the molecule is COc1cc(/C(C)=N/NC(=O)c2cccc(C)c2)ccc1O. The van der Waals surface area contributed by atoms with Crippen molar-refractivity contribution in [2.45, 2.75) is 13.8 Å². The highest BCUT2D eigenvalue weighted by Gasteiger charge is 2.07. The number of aromatic hydroxyl groups is 1. The zero-order valence-corrected chi connectivity index (χ0v) is 12.8. The van der Waals surface area contributed by atoms with Gasteiger partial charge in [0.25, 0.3) is 5.91 Å². The number of hydrogen-bond acceptors (Lipinski definition) is 4. The zero-order chi connectivity index (χ0) is 16.1. The van der Waals surface area contributed by atoms with Gasteiger partial charge >= 0.3 is 0 Å². The largest absolute Gasteiger partial charge is 0.504 e. The fourth-order valence-electron chi connectivity index (χ4n) is 1.95. The normalized spacial score (nSPS) is 11.1. The number of nitrogens with one attached hydrogen (secondary N) is 1. The zero-order valence-electron chi connectivity index (χ0n) is 12.8. The number of carbonyl (C=O) groups excluding carboxylic acids is 1. The van der Waals surface area contributed by atoms with Crippen molar-refractivity contribution in [3.63, 3.8) is 0 Å². The van der Waals surface area contributed by atoms with E-state index in [-0.39, 0.29) is 11.7 Å². The van der Waals surface area contributed by atoms with E-state index in [1.54, 1.807) is 31.2 Å². The number of phenols is 1. The van der Waals surface area contributed by atoms with Crippen LogP contribution in [0.1, 0.15) is 28.4 Å². The number of nitrogens with zero attached hydrogens (tertiary/aromatic N) is 1. The highest BCUT2D eigenvalue weighted by atomic mass is 16.5. The van der Waals surface area contributed by atoms with Crippen molar-refractivity contribution in [2.75, 3.05) is 7.11 Å². The Balaban J connectivity index is 2.14. The summed E-state index contributed by atoms with van der Waals surface area (Å²) in [5, 5.41) is 13.7. The molecule has 0 unspecified atom stereocenters. The van der Waals surface area contributed by atoms with Crippen LogP contribution in [0.4, 0.5) is 0 Å². The Labute approximate surface area is 129 Å². The lowest BCUT2D eigenvalue weighted by Gasteiger charge is -2.07. The number of hydrogen-bond donors (Lipinski definition) is 2. The molecule has 2 N–H and O–H groups in total. The Hall–Kier alpha value is -2.82. The van der Waals surface area contributed by atoms with E-state index < -0.39 is 0 Å². The molecule has 114 valence electrons. The first-order chi connectivity index (χ1) is 10.5. The van der Waals surface area contributed by atoms with Crippen molar-refractivity contribution >= 4 is 11.6 Å². The number of benzene rings is 2. The Morgan fingerprint density at radius 2 is 1.95 bits per heavy atom. The molecule has 0 bridgehead atoms. The van der Waals surface area contributed by atoms with Crippen LogP contribution in [0.2, 0.25) is 0 Å². The number of phenolic OH excluding ortho intramolecular Hbond substituents is 1. The summed E-state index contributed by atoms with van der Waals surface area (Å²) in [6.07, 6.45) is 0. The Kier molecular flexibility index (Phi) is 4.78. The van der Waals surface area contributed by atoms with Gasteiger partial charge in [-0.25, -0.2) is 5.43 Å².